The second-order valence-electron chi connectivity index (χ2n) is 4.56. The van der Waals surface area contributed by atoms with Gasteiger partial charge in [-0.05, 0) is 50.1 Å². The predicted octanol–water partition coefficient (Wildman–Crippen LogP) is 3.37. The number of hydrogen-bond donors (Lipinski definition) is 4. The molecule has 0 aliphatic carbocycles. The minimum atomic E-state index is 0.150. The van der Waals surface area contributed by atoms with E-state index < -0.39 is 0 Å². The van der Waals surface area contributed by atoms with Crippen LogP contribution in [0.15, 0.2) is 30.3 Å². The second kappa shape index (κ2) is 6.70. The Morgan fingerprint density at radius 2 is 1.25 bits per heavy atom. The first-order valence-electron chi connectivity index (χ1n) is 6.35. The first-order chi connectivity index (χ1) is 9.36. The maximum atomic E-state index is 9.13. The minimum Gasteiger partial charge on any atom is -0.508 e. The molecule has 0 unspecified atom stereocenters. The second-order valence-corrected chi connectivity index (χ2v) is 4.56. The summed E-state index contributed by atoms with van der Waals surface area (Å²) in [5.41, 5.74) is 2.01. The van der Waals surface area contributed by atoms with Crippen LogP contribution in [-0.2, 0) is 6.42 Å². The van der Waals surface area contributed by atoms with Crippen molar-refractivity contribution in [3.8, 4) is 23.0 Å². The van der Waals surface area contributed by atoms with Crippen LogP contribution in [0.3, 0.4) is 0 Å². The molecule has 0 atom stereocenters. The van der Waals surface area contributed by atoms with Gasteiger partial charge in [-0.3, -0.25) is 0 Å². The summed E-state index contributed by atoms with van der Waals surface area (Å²) in [4.78, 5) is 0. The van der Waals surface area contributed by atoms with Gasteiger partial charge < -0.3 is 20.4 Å². The molecule has 0 bridgehead atoms. The summed E-state index contributed by atoms with van der Waals surface area (Å²) in [6.07, 6.45) is 0.651. The van der Waals surface area contributed by atoms with Gasteiger partial charge >= 0.3 is 0 Å². The zero-order chi connectivity index (χ0) is 15.3. The van der Waals surface area contributed by atoms with E-state index in [1.165, 1.54) is 0 Å². The molecule has 4 nitrogen and oxygen atoms in total. The Kier molecular flexibility index (Phi) is 5.26. The molecule has 0 saturated heterocycles. The highest BCUT2D eigenvalue weighted by Crippen LogP contribution is 2.27. The van der Waals surface area contributed by atoms with Crippen LogP contribution in [0, 0.1) is 13.8 Å². The van der Waals surface area contributed by atoms with Crippen LogP contribution in [-0.4, -0.2) is 20.4 Å². The average Bonchev–Trinajstić information content (AvgIpc) is 2.37. The first kappa shape index (κ1) is 15.7. The van der Waals surface area contributed by atoms with Crippen molar-refractivity contribution in [2.24, 2.45) is 0 Å². The summed E-state index contributed by atoms with van der Waals surface area (Å²) in [5, 5.41) is 36.5. The van der Waals surface area contributed by atoms with E-state index in [1.54, 1.807) is 37.3 Å². The van der Waals surface area contributed by atoms with E-state index in [0.717, 1.165) is 5.56 Å². The monoisotopic (exact) mass is 276 g/mol. The minimum absolute atomic E-state index is 0.150. The van der Waals surface area contributed by atoms with Gasteiger partial charge in [0.25, 0.3) is 0 Å². The number of hydrogen-bond acceptors (Lipinski definition) is 4. The summed E-state index contributed by atoms with van der Waals surface area (Å²) in [5.74, 6) is 0.639. The molecule has 0 fully saturated rings. The van der Waals surface area contributed by atoms with Crippen LogP contribution in [0.25, 0.3) is 0 Å². The van der Waals surface area contributed by atoms with Crippen molar-refractivity contribution in [2.45, 2.75) is 27.2 Å². The van der Waals surface area contributed by atoms with Crippen LogP contribution < -0.4 is 0 Å². The molecule has 2 aromatic rings. The molecule has 20 heavy (non-hydrogen) atoms. The van der Waals surface area contributed by atoms with Gasteiger partial charge in [0.2, 0.25) is 0 Å². The lowest BCUT2D eigenvalue weighted by Gasteiger charge is -2.01. The Bertz CT molecular complexity index is 548. The highest BCUT2D eigenvalue weighted by molar-refractivity contribution is 5.45. The lowest BCUT2D eigenvalue weighted by molar-refractivity contribution is 0.439. The molecular weight excluding hydrogens is 256 g/mol. The third-order valence-corrected chi connectivity index (χ3v) is 2.98. The smallest absolute Gasteiger partial charge is 0.122 e. The Labute approximate surface area is 118 Å². The summed E-state index contributed by atoms with van der Waals surface area (Å²) >= 11 is 0. The fourth-order valence-electron chi connectivity index (χ4n) is 1.75. The molecule has 2 aromatic carbocycles. The number of rotatable bonds is 1. The topological polar surface area (TPSA) is 80.9 Å². The van der Waals surface area contributed by atoms with Crippen molar-refractivity contribution in [3.63, 3.8) is 0 Å². The van der Waals surface area contributed by atoms with E-state index >= 15 is 0 Å². The Morgan fingerprint density at radius 3 is 1.60 bits per heavy atom. The summed E-state index contributed by atoms with van der Waals surface area (Å²) < 4.78 is 0. The van der Waals surface area contributed by atoms with E-state index in [9.17, 15) is 0 Å². The molecule has 4 N–H and O–H groups in total. The molecule has 0 heterocycles. The van der Waals surface area contributed by atoms with E-state index in [4.69, 9.17) is 20.4 Å². The highest BCUT2D eigenvalue weighted by Gasteiger charge is 2.02. The van der Waals surface area contributed by atoms with Gasteiger partial charge in [0, 0.05) is 11.1 Å². The quantitative estimate of drug-likeness (QED) is 0.643. The number of aromatic hydroxyl groups is 4. The van der Waals surface area contributed by atoms with Gasteiger partial charge in [0.1, 0.15) is 23.0 Å². The van der Waals surface area contributed by atoms with Gasteiger partial charge in [-0.25, -0.2) is 0 Å². The van der Waals surface area contributed by atoms with Crippen LogP contribution in [0.5, 0.6) is 23.0 Å². The van der Waals surface area contributed by atoms with E-state index in [0.29, 0.717) is 17.5 Å². The maximum absolute atomic E-state index is 9.13. The summed E-state index contributed by atoms with van der Waals surface area (Å²) in [6, 6.07) is 7.99. The maximum Gasteiger partial charge on any atom is 0.122 e. The number of phenolic OH excluding ortho intramolecular Hbond substituents is 4. The number of aryl methyl sites for hydroxylation is 1. The largest absolute Gasteiger partial charge is 0.508 e. The molecule has 0 radical (unpaired) electrons. The first-order valence-corrected chi connectivity index (χ1v) is 6.35. The summed E-state index contributed by atoms with van der Waals surface area (Å²) in [6.45, 7) is 5.37. The standard InChI is InChI=1S/2C8H10O2/c1-5-3-7(9)6(2)8(10)4-5;1-2-6-7(9)4-3-5-8(6)10/h3-4,9-10H,1-2H3;3-5,9-10H,2H2,1H3. The van der Waals surface area contributed by atoms with Gasteiger partial charge in [-0.15, -0.1) is 0 Å². The number of benzene rings is 2. The van der Waals surface area contributed by atoms with Crippen molar-refractivity contribution in [3.05, 3.63) is 47.0 Å². The van der Waals surface area contributed by atoms with E-state index in [2.05, 4.69) is 0 Å². The predicted molar refractivity (Wildman–Crippen MR) is 78.4 cm³/mol. The Morgan fingerprint density at radius 1 is 0.800 bits per heavy atom. The van der Waals surface area contributed by atoms with Crippen molar-refractivity contribution in [1.29, 1.82) is 0 Å². The van der Waals surface area contributed by atoms with Crippen LogP contribution in [0.2, 0.25) is 0 Å². The molecule has 0 amide bonds. The third-order valence-electron chi connectivity index (χ3n) is 2.98. The fourth-order valence-corrected chi connectivity index (χ4v) is 1.75. The SMILES string of the molecule is CCc1c(O)cccc1O.Cc1cc(O)c(C)c(O)c1. The van der Waals surface area contributed by atoms with E-state index in [-0.39, 0.29) is 23.0 Å². The van der Waals surface area contributed by atoms with Crippen molar-refractivity contribution >= 4 is 0 Å². The molecule has 0 aromatic heterocycles. The zero-order valence-electron chi connectivity index (χ0n) is 11.9. The molecular formula is C16H20O4. The summed E-state index contributed by atoms with van der Waals surface area (Å²) in [7, 11) is 0. The molecule has 4 heteroatoms. The van der Waals surface area contributed by atoms with Crippen LogP contribution >= 0.6 is 0 Å². The van der Waals surface area contributed by atoms with E-state index in [1.807, 2.05) is 13.8 Å². The molecule has 2 rings (SSSR count). The van der Waals surface area contributed by atoms with Gasteiger partial charge in [0.05, 0.1) is 0 Å². The molecule has 0 spiro atoms. The fraction of sp³-hybridized carbons (Fsp3) is 0.250. The van der Waals surface area contributed by atoms with Crippen molar-refractivity contribution < 1.29 is 20.4 Å². The van der Waals surface area contributed by atoms with Crippen LogP contribution in [0.1, 0.15) is 23.6 Å². The average molecular weight is 276 g/mol. The lowest BCUT2D eigenvalue weighted by atomic mass is 10.1. The molecule has 0 saturated carbocycles. The van der Waals surface area contributed by atoms with Gasteiger partial charge in [-0.1, -0.05) is 13.0 Å². The lowest BCUT2D eigenvalue weighted by Crippen LogP contribution is -1.81. The molecule has 0 aliphatic heterocycles. The molecule has 108 valence electrons. The number of phenols is 4. The van der Waals surface area contributed by atoms with Gasteiger partial charge in [0.15, 0.2) is 0 Å². The van der Waals surface area contributed by atoms with Gasteiger partial charge in [-0.2, -0.15) is 0 Å². The Balaban J connectivity index is 0.000000200. The highest BCUT2D eigenvalue weighted by atomic mass is 16.3. The third kappa shape index (κ3) is 3.82. The Hall–Kier alpha value is -2.36. The molecule has 0 aliphatic rings. The van der Waals surface area contributed by atoms with Crippen molar-refractivity contribution in [2.75, 3.05) is 0 Å². The van der Waals surface area contributed by atoms with Crippen LogP contribution in [0.4, 0.5) is 0 Å². The normalized spacial score (nSPS) is 9.75. The zero-order valence-corrected chi connectivity index (χ0v) is 11.9. The van der Waals surface area contributed by atoms with Crippen molar-refractivity contribution in [1.82, 2.24) is 0 Å².